The minimum Gasteiger partial charge on any atom is -0.299 e. The van der Waals surface area contributed by atoms with Crippen LogP contribution in [0.25, 0.3) is 0 Å². The predicted octanol–water partition coefficient (Wildman–Crippen LogP) is 3.14. The number of H-pyrrole nitrogens is 1. The lowest BCUT2D eigenvalue weighted by atomic mass is 10.1. The van der Waals surface area contributed by atoms with Crippen LogP contribution in [0.15, 0.2) is 9.27 Å². The zero-order chi connectivity index (χ0) is 10.8. The summed E-state index contributed by atoms with van der Waals surface area (Å²) in [6.45, 7) is 1.93. The third-order valence-electron chi connectivity index (χ3n) is 3.21. The van der Waals surface area contributed by atoms with Gasteiger partial charge in [0.25, 0.3) is 5.56 Å². The average molecular weight is 273 g/mol. The Labute approximate surface area is 98.0 Å². The fourth-order valence-corrected chi connectivity index (χ4v) is 2.60. The van der Waals surface area contributed by atoms with Crippen LogP contribution in [0, 0.1) is 6.92 Å². The Kier molecular flexibility index (Phi) is 3.34. The van der Waals surface area contributed by atoms with Crippen LogP contribution in [0.3, 0.4) is 0 Å². The smallest absolute Gasteiger partial charge is 0.281 e. The monoisotopic (exact) mass is 272 g/mol. The molecule has 1 aromatic heterocycles. The first-order chi connectivity index (χ1) is 7.20. The number of aromatic nitrogens is 2. The molecule has 1 aliphatic rings. The summed E-state index contributed by atoms with van der Waals surface area (Å²) >= 11 is 3.32. The SMILES string of the molecule is Cc1[nH]n(C2CCCCCC2)c(=O)c1Br. The number of nitrogens with one attached hydrogen (secondary N) is 1. The van der Waals surface area contributed by atoms with Crippen molar-refractivity contribution >= 4 is 15.9 Å². The molecule has 3 nitrogen and oxygen atoms in total. The summed E-state index contributed by atoms with van der Waals surface area (Å²) in [4.78, 5) is 11.9. The van der Waals surface area contributed by atoms with Crippen molar-refractivity contribution in [2.24, 2.45) is 0 Å². The van der Waals surface area contributed by atoms with Crippen molar-refractivity contribution in [3.05, 3.63) is 20.5 Å². The van der Waals surface area contributed by atoms with Gasteiger partial charge in [0.15, 0.2) is 0 Å². The molecular weight excluding hydrogens is 256 g/mol. The summed E-state index contributed by atoms with van der Waals surface area (Å²) in [5.41, 5.74) is 1.03. The van der Waals surface area contributed by atoms with Gasteiger partial charge < -0.3 is 0 Å². The van der Waals surface area contributed by atoms with Crippen molar-refractivity contribution in [3.63, 3.8) is 0 Å². The van der Waals surface area contributed by atoms with Gasteiger partial charge in [0.1, 0.15) is 4.47 Å². The van der Waals surface area contributed by atoms with Crippen LogP contribution in [0.5, 0.6) is 0 Å². The van der Waals surface area contributed by atoms with E-state index in [0.717, 1.165) is 18.5 Å². The molecule has 84 valence electrons. The molecule has 2 rings (SSSR count). The zero-order valence-electron chi connectivity index (χ0n) is 9.05. The minimum absolute atomic E-state index is 0.0967. The zero-order valence-corrected chi connectivity index (χ0v) is 10.6. The number of rotatable bonds is 1. The van der Waals surface area contributed by atoms with Crippen molar-refractivity contribution in [2.75, 3.05) is 0 Å². The van der Waals surface area contributed by atoms with E-state index in [-0.39, 0.29) is 5.56 Å². The van der Waals surface area contributed by atoms with E-state index in [0.29, 0.717) is 10.5 Å². The van der Waals surface area contributed by atoms with E-state index in [2.05, 4.69) is 21.0 Å². The van der Waals surface area contributed by atoms with Crippen LogP contribution in [-0.4, -0.2) is 9.78 Å². The number of hydrogen-bond donors (Lipinski definition) is 1. The molecule has 1 aromatic rings. The maximum atomic E-state index is 11.9. The third-order valence-corrected chi connectivity index (χ3v) is 4.15. The van der Waals surface area contributed by atoms with Gasteiger partial charge in [0.05, 0.1) is 6.04 Å². The van der Waals surface area contributed by atoms with Gasteiger partial charge >= 0.3 is 0 Å². The summed E-state index contributed by atoms with van der Waals surface area (Å²) < 4.78 is 2.50. The lowest BCUT2D eigenvalue weighted by Gasteiger charge is -2.14. The maximum absolute atomic E-state index is 11.9. The molecule has 0 amide bonds. The van der Waals surface area contributed by atoms with Crippen LogP contribution in [-0.2, 0) is 0 Å². The van der Waals surface area contributed by atoms with Gasteiger partial charge in [-0.05, 0) is 35.7 Å². The topological polar surface area (TPSA) is 37.8 Å². The van der Waals surface area contributed by atoms with E-state index >= 15 is 0 Å². The fraction of sp³-hybridized carbons (Fsp3) is 0.727. The first kappa shape index (κ1) is 11.0. The average Bonchev–Trinajstić information content (AvgIpc) is 2.51. The number of nitrogens with zero attached hydrogens (tertiary/aromatic N) is 1. The summed E-state index contributed by atoms with van der Waals surface area (Å²) in [6, 6.07) is 0.380. The Morgan fingerprint density at radius 2 is 1.87 bits per heavy atom. The van der Waals surface area contributed by atoms with E-state index in [1.807, 2.05) is 11.6 Å². The van der Waals surface area contributed by atoms with Crippen molar-refractivity contribution in [1.29, 1.82) is 0 Å². The van der Waals surface area contributed by atoms with Crippen LogP contribution in [0.2, 0.25) is 0 Å². The van der Waals surface area contributed by atoms with E-state index in [9.17, 15) is 4.79 Å². The molecule has 1 saturated carbocycles. The van der Waals surface area contributed by atoms with Gasteiger partial charge in [-0.2, -0.15) is 0 Å². The maximum Gasteiger partial charge on any atom is 0.281 e. The molecule has 0 radical (unpaired) electrons. The molecule has 0 bridgehead atoms. The van der Waals surface area contributed by atoms with Crippen LogP contribution >= 0.6 is 15.9 Å². The molecule has 0 spiro atoms. The number of halogens is 1. The predicted molar refractivity (Wildman–Crippen MR) is 64.2 cm³/mol. The third kappa shape index (κ3) is 2.19. The quantitative estimate of drug-likeness (QED) is 0.784. The van der Waals surface area contributed by atoms with Gasteiger partial charge in [0, 0.05) is 5.69 Å². The Balaban J connectivity index is 2.27. The molecule has 0 aromatic carbocycles. The van der Waals surface area contributed by atoms with Crippen LogP contribution in [0.4, 0.5) is 0 Å². The molecular formula is C11H17BrN2O. The molecule has 1 aliphatic carbocycles. The highest BCUT2D eigenvalue weighted by Crippen LogP contribution is 2.26. The van der Waals surface area contributed by atoms with E-state index in [1.165, 1.54) is 25.7 Å². The highest BCUT2D eigenvalue weighted by Gasteiger charge is 2.18. The Bertz CT molecular complexity index is 386. The first-order valence-corrected chi connectivity index (χ1v) is 6.46. The standard InChI is InChI=1S/C11H17BrN2O/c1-8-10(12)11(15)14(13-8)9-6-4-2-3-5-7-9/h9,13H,2-7H2,1H3. The van der Waals surface area contributed by atoms with E-state index < -0.39 is 0 Å². The van der Waals surface area contributed by atoms with Gasteiger partial charge in [0.2, 0.25) is 0 Å². The van der Waals surface area contributed by atoms with E-state index in [1.54, 1.807) is 0 Å². The second-order valence-electron chi connectivity index (χ2n) is 4.37. The van der Waals surface area contributed by atoms with Crippen LogP contribution in [0.1, 0.15) is 50.3 Å². The highest BCUT2D eigenvalue weighted by atomic mass is 79.9. The normalized spacial score (nSPS) is 19.1. The summed E-state index contributed by atoms with van der Waals surface area (Å²) in [5, 5.41) is 3.17. The molecule has 1 heterocycles. The number of aromatic amines is 1. The molecule has 1 N–H and O–H groups in total. The minimum atomic E-state index is 0.0967. The second-order valence-corrected chi connectivity index (χ2v) is 5.16. The second kappa shape index (κ2) is 4.56. The molecule has 4 heteroatoms. The molecule has 0 saturated heterocycles. The molecule has 0 aliphatic heterocycles. The number of hydrogen-bond acceptors (Lipinski definition) is 1. The van der Waals surface area contributed by atoms with Crippen molar-refractivity contribution in [3.8, 4) is 0 Å². The van der Waals surface area contributed by atoms with Gasteiger partial charge in [-0.25, -0.2) is 4.68 Å². The Hall–Kier alpha value is -0.510. The first-order valence-electron chi connectivity index (χ1n) is 5.67. The van der Waals surface area contributed by atoms with Gasteiger partial charge in [-0.1, -0.05) is 25.7 Å². The Morgan fingerprint density at radius 3 is 2.33 bits per heavy atom. The fourth-order valence-electron chi connectivity index (χ4n) is 2.32. The lowest BCUT2D eigenvalue weighted by molar-refractivity contribution is 0.394. The molecule has 15 heavy (non-hydrogen) atoms. The van der Waals surface area contributed by atoms with E-state index in [4.69, 9.17) is 0 Å². The van der Waals surface area contributed by atoms with Crippen molar-refractivity contribution in [2.45, 2.75) is 51.5 Å². The summed E-state index contributed by atoms with van der Waals surface area (Å²) in [6.07, 6.45) is 7.37. The van der Waals surface area contributed by atoms with Gasteiger partial charge in [-0.3, -0.25) is 9.89 Å². The molecule has 1 fully saturated rings. The molecule has 0 unspecified atom stereocenters. The van der Waals surface area contributed by atoms with Crippen molar-refractivity contribution in [1.82, 2.24) is 9.78 Å². The van der Waals surface area contributed by atoms with Crippen molar-refractivity contribution < 1.29 is 0 Å². The van der Waals surface area contributed by atoms with Crippen LogP contribution < -0.4 is 5.56 Å². The number of aryl methyl sites for hydroxylation is 1. The summed E-state index contributed by atoms with van der Waals surface area (Å²) in [7, 11) is 0. The van der Waals surface area contributed by atoms with Gasteiger partial charge in [-0.15, -0.1) is 0 Å². The lowest BCUT2D eigenvalue weighted by Crippen LogP contribution is -2.22. The largest absolute Gasteiger partial charge is 0.299 e. The molecule has 0 atom stereocenters. The highest BCUT2D eigenvalue weighted by molar-refractivity contribution is 9.10. The Morgan fingerprint density at radius 1 is 1.27 bits per heavy atom. The summed E-state index contributed by atoms with van der Waals surface area (Å²) in [5.74, 6) is 0.